The van der Waals surface area contributed by atoms with Gasteiger partial charge in [-0.2, -0.15) is 0 Å². The molecular formula is C20H30N2O2S2. The van der Waals surface area contributed by atoms with Crippen molar-refractivity contribution < 1.29 is 8.42 Å². The van der Waals surface area contributed by atoms with Crippen LogP contribution in [0.15, 0.2) is 47.4 Å². The van der Waals surface area contributed by atoms with Gasteiger partial charge >= 0.3 is 0 Å². The smallest absolute Gasteiger partial charge is 0.175 e. The van der Waals surface area contributed by atoms with E-state index >= 15 is 0 Å². The van der Waals surface area contributed by atoms with Crippen molar-refractivity contribution in [1.82, 2.24) is 10.9 Å². The normalized spacial score (nSPS) is 15.8. The molecule has 1 aromatic carbocycles. The molecule has 2 heterocycles. The van der Waals surface area contributed by atoms with Crippen molar-refractivity contribution in [2.45, 2.75) is 52.0 Å². The van der Waals surface area contributed by atoms with E-state index in [4.69, 9.17) is 0 Å². The first kappa shape index (κ1) is 22.4. The van der Waals surface area contributed by atoms with Crippen LogP contribution in [0.25, 0.3) is 16.1 Å². The second kappa shape index (κ2) is 10.5. The molecular weight excluding hydrogens is 364 g/mol. The molecule has 0 saturated carbocycles. The quantitative estimate of drug-likeness (QED) is 0.757. The molecule has 1 aliphatic rings. The summed E-state index contributed by atoms with van der Waals surface area (Å²) in [5, 5.41) is 0. The molecule has 0 fully saturated rings. The molecule has 0 saturated heterocycles. The molecule has 6 heteroatoms. The van der Waals surface area contributed by atoms with Crippen molar-refractivity contribution in [1.29, 1.82) is 0 Å². The van der Waals surface area contributed by atoms with Gasteiger partial charge in [0.1, 0.15) is 0 Å². The van der Waals surface area contributed by atoms with Gasteiger partial charge in [0, 0.05) is 17.2 Å². The van der Waals surface area contributed by atoms with Crippen LogP contribution in [-0.2, 0) is 9.84 Å². The average Bonchev–Trinajstić information content (AvgIpc) is 3.34. The van der Waals surface area contributed by atoms with Gasteiger partial charge in [-0.25, -0.2) is 13.8 Å². The van der Waals surface area contributed by atoms with Crippen LogP contribution in [0.1, 0.15) is 45.9 Å². The summed E-state index contributed by atoms with van der Waals surface area (Å²) in [6.07, 6.45) is 4.45. The summed E-state index contributed by atoms with van der Waals surface area (Å²) in [6, 6.07) is 11.5. The van der Waals surface area contributed by atoms with Crippen LogP contribution in [0.2, 0.25) is 0 Å². The maximum Gasteiger partial charge on any atom is 0.175 e. The first-order chi connectivity index (χ1) is 12.5. The minimum absolute atomic E-state index is 0.353. The Bertz CT molecular complexity index is 824. The van der Waals surface area contributed by atoms with E-state index in [9.17, 15) is 8.42 Å². The SMILES string of the molecule is CC.CC.CCC1C=C(c2ccc(-c3cccc(S(C)(=O)=O)c3)s2)NN1. The molecule has 144 valence electrons. The predicted octanol–water partition coefficient (Wildman–Crippen LogP) is 5.10. The van der Waals surface area contributed by atoms with E-state index in [2.05, 4.69) is 29.9 Å². The van der Waals surface area contributed by atoms with Crippen LogP contribution in [0, 0.1) is 0 Å². The van der Waals surface area contributed by atoms with Gasteiger partial charge in [0.2, 0.25) is 0 Å². The second-order valence-corrected chi connectivity index (χ2v) is 8.43. The first-order valence-electron chi connectivity index (χ1n) is 9.11. The Morgan fingerprint density at radius 3 is 2.27 bits per heavy atom. The Balaban J connectivity index is 0.000000791. The van der Waals surface area contributed by atoms with Crippen molar-refractivity contribution in [3.8, 4) is 10.4 Å². The van der Waals surface area contributed by atoms with Gasteiger partial charge in [-0.1, -0.05) is 46.8 Å². The molecule has 0 bridgehead atoms. The molecule has 3 rings (SSSR count). The van der Waals surface area contributed by atoms with E-state index in [0.29, 0.717) is 10.9 Å². The molecule has 26 heavy (non-hydrogen) atoms. The lowest BCUT2D eigenvalue weighted by molar-refractivity contribution is 0.576. The molecule has 1 atom stereocenters. The minimum Gasteiger partial charge on any atom is -0.320 e. The molecule has 2 N–H and O–H groups in total. The molecule has 1 unspecified atom stereocenters. The van der Waals surface area contributed by atoms with Crippen molar-refractivity contribution in [3.63, 3.8) is 0 Å². The lowest BCUT2D eigenvalue weighted by atomic mass is 10.2. The fraction of sp³-hybridized carbons (Fsp3) is 0.400. The molecule has 0 amide bonds. The number of sulfone groups is 1. The van der Waals surface area contributed by atoms with Crippen molar-refractivity contribution in [2.75, 3.05) is 6.26 Å². The standard InChI is InChI=1S/C16H18N2O2S2.2C2H6/c1-3-12-10-14(18-17-12)16-8-7-15(21-16)11-5-4-6-13(9-11)22(2,19)20;2*1-2/h4-10,12,17-18H,3H2,1-2H3;2*1-2H3. The monoisotopic (exact) mass is 394 g/mol. The van der Waals surface area contributed by atoms with E-state index in [0.717, 1.165) is 27.4 Å². The maximum absolute atomic E-state index is 11.7. The van der Waals surface area contributed by atoms with Gasteiger partial charge in [-0.05, 0) is 42.3 Å². The van der Waals surface area contributed by atoms with Crippen LogP contribution in [0.3, 0.4) is 0 Å². The Morgan fingerprint density at radius 1 is 1.04 bits per heavy atom. The number of rotatable bonds is 4. The lowest BCUT2D eigenvalue weighted by Gasteiger charge is -2.04. The maximum atomic E-state index is 11.7. The molecule has 1 aliphatic heterocycles. The third-order valence-corrected chi connectivity index (χ3v) is 5.90. The molecule has 1 aromatic heterocycles. The fourth-order valence-corrected chi connectivity index (χ4v) is 3.99. The predicted molar refractivity (Wildman–Crippen MR) is 114 cm³/mol. The van der Waals surface area contributed by atoms with Gasteiger partial charge in [0.05, 0.1) is 15.5 Å². The number of thiophene rings is 1. The third kappa shape index (κ3) is 5.69. The van der Waals surface area contributed by atoms with Gasteiger partial charge in [-0.3, -0.25) is 0 Å². The highest BCUT2D eigenvalue weighted by atomic mass is 32.2. The third-order valence-electron chi connectivity index (χ3n) is 3.62. The van der Waals surface area contributed by atoms with Crippen molar-refractivity contribution >= 4 is 26.9 Å². The molecule has 4 nitrogen and oxygen atoms in total. The minimum atomic E-state index is -3.18. The van der Waals surface area contributed by atoms with Crippen molar-refractivity contribution in [2.24, 2.45) is 0 Å². The van der Waals surface area contributed by atoms with E-state index in [1.165, 1.54) is 6.26 Å². The van der Waals surface area contributed by atoms with Gasteiger partial charge in [0.15, 0.2) is 9.84 Å². The highest BCUT2D eigenvalue weighted by Crippen LogP contribution is 2.33. The highest BCUT2D eigenvalue weighted by molar-refractivity contribution is 7.90. The zero-order valence-electron chi connectivity index (χ0n) is 16.5. The Hall–Kier alpha value is -1.63. The number of hydrogen-bond donors (Lipinski definition) is 2. The van der Waals surface area contributed by atoms with Crippen LogP contribution >= 0.6 is 11.3 Å². The molecule has 0 aliphatic carbocycles. The topological polar surface area (TPSA) is 58.2 Å². The van der Waals surface area contributed by atoms with E-state index in [1.54, 1.807) is 29.5 Å². The summed E-state index contributed by atoms with van der Waals surface area (Å²) in [6.45, 7) is 10.1. The lowest BCUT2D eigenvalue weighted by Crippen LogP contribution is -2.30. The van der Waals surface area contributed by atoms with Crippen LogP contribution in [0.5, 0.6) is 0 Å². The number of benzene rings is 1. The zero-order valence-corrected chi connectivity index (χ0v) is 18.1. The van der Waals surface area contributed by atoms with E-state index in [-0.39, 0.29) is 0 Å². The summed E-state index contributed by atoms with van der Waals surface area (Å²) in [7, 11) is -3.18. The largest absolute Gasteiger partial charge is 0.320 e. The summed E-state index contributed by atoms with van der Waals surface area (Å²) < 4.78 is 23.4. The van der Waals surface area contributed by atoms with Crippen molar-refractivity contribution in [3.05, 3.63) is 47.4 Å². The van der Waals surface area contributed by atoms with Crippen LogP contribution in [0.4, 0.5) is 0 Å². The van der Waals surface area contributed by atoms with Crippen LogP contribution < -0.4 is 10.9 Å². The van der Waals surface area contributed by atoms with E-state index < -0.39 is 9.84 Å². The summed E-state index contributed by atoms with van der Waals surface area (Å²) in [5.74, 6) is 0. The summed E-state index contributed by atoms with van der Waals surface area (Å²) in [4.78, 5) is 2.55. The Kier molecular flexibility index (Phi) is 9.05. The Labute approximate surface area is 162 Å². The molecule has 0 spiro atoms. The van der Waals surface area contributed by atoms with Gasteiger partial charge in [0.25, 0.3) is 0 Å². The van der Waals surface area contributed by atoms with Crippen LogP contribution in [-0.4, -0.2) is 20.7 Å². The zero-order chi connectivity index (χ0) is 19.7. The summed E-state index contributed by atoms with van der Waals surface area (Å²) in [5.41, 5.74) is 8.43. The average molecular weight is 395 g/mol. The highest BCUT2D eigenvalue weighted by Gasteiger charge is 2.16. The molecule has 0 radical (unpaired) electrons. The van der Waals surface area contributed by atoms with E-state index in [1.807, 2.05) is 39.8 Å². The van der Waals surface area contributed by atoms with Gasteiger partial charge < -0.3 is 5.43 Å². The first-order valence-corrected chi connectivity index (χ1v) is 11.8. The second-order valence-electron chi connectivity index (χ2n) is 5.33. The number of hydrogen-bond acceptors (Lipinski definition) is 5. The summed E-state index contributed by atoms with van der Waals surface area (Å²) >= 11 is 1.65. The number of hydrazine groups is 1. The number of nitrogens with one attached hydrogen (secondary N) is 2. The molecule has 2 aromatic rings. The Morgan fingerprint density at radius 2 is 1.69 bits per heavy atom. The van der Waals surface area contributed by atoms with Gasteiger partial charge in [-0.15, -0.1) is 11.3 Å². The fourth-order valence-electron chi connectivity index (χ4n) is 2.34.